The molecular weight excluding hydrogens is 264 g/mol. The van der Waals surface area contributed by atoms with Gasteiger partial charge in [0.15, 0.2) is 11.5 Å². The first-order valence-electron chi connectivity index (χ1n) is 7.79. The lowest BCUT2D eigenvalue weighted by Gasteiger charge is -2.33. The van der Waals surface area contributed by atoms with Gasteiger partial charge in [-0.1, -0.05) is 13.0 Å². The van der Waals surface area contributed by atoms with E-state index in [0.717, 1.165) is 24.0 Å². The standard InChI is InChI=1S/C17H28N2O2/c1-13-6-5-9-19(11-13)12-15(18-2)14-7-8-16(20-3)17(10-14)21-4/h7-8,10,13,15,18H,5-6,9,11-12H2,1-4H3. The second-order valence-electron chi connectivity index (χ2n) is 5.96. The fourth-order valence-corrected chi connectivity index (χ4v) is 3.14. The van der Waals surface area contributed by atoms with Crippen LogP contribution in [0.2, 0.25) is 0 Å². The number of nitrogens with one attached hydrogen (secondary N) is 1. The van der Waals surface area contributed by atoms with E-state index in [2.05, 4.69) is 29.3 Å². The van der Waals surface area contributed by atoms with Crippen molar-refractivity contribution in [2.45, 2.75) is 25.8 Å². The molecule has 0 bridgehead atoms. The number of likely N-dealkylation sites (N-methyl/N-ethyl adjacent to an activating group) is 1. The summed E-state index contributed by atoms with van der Waals surface area (Å²) < 4.78 is 10.7. The molecule has 21 heavy (non-hydrogen) atoms. The van der Waals surface area contributed by atoms with Gasteiger partial charge in [-0.3, -0.25) is 0 Å². The fourth-order valence-electron chi connectivity index (χ4n) is 3.14. The first-order chi connectivity index (χ1) is 10.2. The van der Waals surface area contributed by atoms with Crippen LogP contribution in [0.5, 0.6) is 11.5 Å². The first kappa shape index (κ1) is 16.1. The van der Waals surface area contributed by atoms with Gasteiger partial charge in [0, 0.05) is 19.1 Å². The zero-order valence-corrected chi connectivity index (χ0v) is 13.7. The van der Waals surface area contributed by atoms with Crippen LogP contribution in [0.1, 0.15) is 31.4 Å². The van der Waals surface area contributed by atoms with Gasteiger partial charge in [0.1, 0.15) is 0 Å². The molecule has 1 fully saturated rings. The Kier molecular flexibility index (Phi) is 5.88. The van der Waals surface area contributed by atoms with Crippen LogP contribution in [0.3, 0.4) is 0 Å². The van der Waals surface area contributed by atoms with E-state index in [9.17, 15) is 0 Å². The molecule has 1 aliphatic heterocycles. The normalized spacial score (nSPS) is 21.0. The summed E-state index contributed by atoms with van der Waals surface area (Å²) >= 11 is 0. The SMILES string of the molecule is CNC(CN1CCCC(C)C1)c1ccc(OC)c(OC)c1. The van der Waals surface area contributed by atoms with Crippen molar-refractivity contribution >= 4 is 0 Å². The van der Waals surface area contributed by atoms with Crippen LogP contribution < -0.4 is 14.8 Å². The van der Waals surface area contributed by atoms with Gasteiger partial charge in [-0.15, -0.1) is 0 Å². The van der Waals surface area contributed by atoms with Crippen LogP contribution in [0.4, 0.5) is 0 Å². The van der Waals surface area contributed by atoms with Crippen molar-refractivity contribution in [3.05, 3.63) is 23.8 Å². The van der Waals surface area contributed by atoms with Crippen molar-refractivity contribution in [3.63, 3.8) is 0 Å². The Hall–Kier alpha value is -1.26. The summed E-state index contributed by atoms with van der Waals surface area (Å²) in [4.78, 5) is 2.56. The summed E-state index contributed by atoms with van der Waals surface area (Å²) in [5.41, 5.74) is 1.24. The number of piperidine rings is 1. The smallest absolute Gasteiger partial charge is 0.161 e. The predicted molar refractivity (Wildman–Crippen MR) is 86.2 cm³/mol. The van der Waals surface area contributed by atoms with E-state index in [1.54, 1.807) is 14.2 Å². The van der Waals surface area contributed by atoms with E-state index in [0.29, 0.717) is 6.04 Å². The molecule has 0 saturated carbocycles. The van der Waals surface area contributed by atoms with Crippen LogP contribution in [-0.4, -0.2) is 45.8 Å². The minimum atomic E-state index is 0.315. The van der Waals surface area contributed by atoms with Crippen LogP contribution in [0.15, 0.2) is 18.2 Å². The number of ether oxygens (including phenoxy) is 2. The third-order valence-corrected chi connectivity index (χ3v) is 4.34. The van der Waals surface area contributed by atoms with Crippen molar-refractivity contribution in [1.82, 2.24) is 10.2 Å². The van der Waals surface area contributed by atoms with Crippen LogP contribution >= 0.6 is 0 Å². The molecule has 1 saturated heterocycles. The van der Waals surface area contributed by atoms with E-state index in [1.807, 2.05) is 13.1 Å². The van der Waals surface area contributed by atoms with Crippen molar-refractivity contribution in [1.29, 1.82) is 0 Å². The molecule has 118 valence electrons. The molecule has 2 atom stereocenters. The Morgan fingerprint density at radius 1 is 1.29 bits per heavy atom. The highest BCUT2D eigenvalue weighted by atomic mass is 16.5. The molecular formula is C17H28N2O2. The lowest BCUT2D eigenvalue weighted by Crippen LogP contribution is -2.39. The van der Waals surface area contributed by atoms with Crippen molar-refractivity contribution < 1.29 is 9.47 Å². The molecule has 2 unspecified atom stereocenters. The summed E-state index contributed by atoms with van der Waals surface area (Å²) in [6.45, 7) is 5.79. The Morgan fingerprint density at radius 2 is 2.05 bits per heavy atom. The topological polar surface area (TPSA) is 33.7 Å². The predicted octanol–water partition coefficient (Wildman–Crippen LogP) is 2.70. The monoisotopic (exact) mass is 292 g/mol. The number of benzene rings is 1. The van der Waals surface area contributed by atoms with Crippen LogP contribution in [0, 0.1) is 5.92 Å². The molecule has 4 heteroatoms. The van der Waals surface area contributed by atoms with Gasteiger partial charge in [0.2, 0.25) is 0 Å². The minimum absolute atomic E-state index is 0.315. The average molecular weight is 292 g/mol. The highest BCUT2D eigenvalue weighted by Gasteiger charge is 2.21. The molecule has 1 N–H and O–H groups in total. The highest BCUT2D eigenvalue weighted by molar-refractivity contribution is 5.43. The van der Waals surface area contributed by atoms with Crippen LogP contribution in [0.25, 0.3) is 0 Å². The van der Waals surface area contributed by atoms with E-state index in [4.69, 9.17) is 9.47 Å². The third kappa shape index (κ3) is 4.11. The Morgan fingerprint density at radius 3 is 2.67 bits per heavy atom. The minimum Gasteiger partial charge on any atom is -0.493 e. The summed E-state index contributed by atoms with van der Waals surface area (Å²) in [6.07, 6.45) is 2.67. The van der Waals surface area contributed by atoms with E-state index >= 15 is 0 Å². The molecule has 4 nitrogen and oxygen atoms in total. The van der Waals surface area contributed by atoms with Crippen molar-refractivity contribution in [2.24, 2.45) is 5.92 Å². The second kappa shape index (κ2) is 7.66. The van der Waals surface area contributed by atoms with Gasteiger partial charge < -0.3 is 19.7 Å². The maximum absolute atomic E-state index is 5.41. The lowest BCUT2D eigenvalue weighted by molar-refractivity contribution is 0.168. The zero-order chi connectivity index (χ0) is 15.2. The van der Waals surface area contributed by atoms with Gasteiger partial charge in [0.05, 0.1) is 14.2 Å². The largest absolute Gasteiger partial charge is 0.493 e. The van der Waals surface area contributed by atoms with Gasteiger partial charge in [0.25, 0.3) is 0 Å². The number of methoxy groups -OCH3 is 2. The molecule has 1 heterocycles. The number of likely N-dealkylation sites (tertiary alicyclic amines) is 1. The first-order valence-corrected chi connectivity index (χ1v) is 7.79. The molecule has 2 rings (SSSR count). The maximum Gasteiger partial charge on any atom is 0.161 e. The van der Waals surface area contributed by atoms with E-state index in [-0.39, 0.29) is 0 Å². The Balaban J connectivity index is 2.09. The second-order valence-corrected chi connectivity index (χ2v) is 5.96. The van der Waals surface area contributed by atoms with E-state index in [1.165, 1.54) is 31.5 Å². The molecule has 0 aromatic heterocycles. The summed E-state index contributed by atoms with van der Waals surface area (Å²) in [5, 5.41) is 3.43. The number of nitrogens with zero attached hydrogens (tertiary/aromatic N) is 1. The maximum atomic E-state index is 5.41. The van der Waals surface area contributed by atoms with Crippen molar-refractivity contribution in [2.75, 3.05) is 40.9 Å². The molecule has 0 aliphatic carbocycles. The van der Waals surface area contributed by atoms with Gasteiger partial charge in [-0.25, -0.2) is 0 Å². The Labute approximate surface area is 128 Å². The fraction of sp³-hybridized carbons (Fsp3) is 0.647. The van der Waals surface area contributed by atoms with Gasteiger partial charge in [-0.05, 0) is 50.0 Å². The molecule has 1 aromatic carbocycles. The summed E-state index contributed by atoms with van der Waals surface area (Å²) in [7, 11) is 5.37. The molecule has 0 radical (unpaired) electrons. The molecule has 0 amide bonds. The molecule has 1 aromatic rings. The molecule has 1 aliphatic rings. The summed E-state index contributed by atoms with van der Waals surface area (Å²) in [6, 6.07) is 6.50. The molecule has 0 spiro atoms. The highest BCUT2D eigenvalue weighted by Crippen LogP contribution is 2.30. The zero-order valence-electron chi connectivity index (χ0n) is 13.7. The lowest BCUT2D eigenvalue weighted by atomic mass is 9.98. The van der Waals surface area contributed by atoms with Gasteiger partial charge >= 0.3 is 0 Å². The van der Waals surface area contributed by atoms with E-state index < -0.39 is 0 Å². The number of hydrogen-bond donors (Lipinski definition) is 1. The van der Waals surface area contributed by atoms with Crippen LogP contribution in [-0.2, 0) is 0 Å². The average Bonchev–Trinajstić information content (AvgIpc) is 2.52. The Bertz CT molecular complexity index is 450. The van der Waals surface area contributed by atoms with Gasteiger partial charge in [-0.2, -0.15) is 0 Å². The third-order valence-electron chi connectivity index (χ3n) is 4.34. The quantitative estimate of drug-likeness (QED) is 0.874. The number of rotatable bonds is 6. The van der Waals surface area contributed by atoms with Crippen molar-refractivity contribution in [3.8, 4) is 11.5 Å². The summed E-state index contributed by atoms with van der Waals surface area (Å²) in [5.74, 6) is 2.38. The number of hydrogen-bond acceptors (Lipinski definition) is 4.